The van der Waals surface area contributed by atoms with Crippen LogP contribution in [0.4, 0.5) is 16.2 Å². The van der Waals surface area contributed by atoms with Crippen LogP contribution in [0.5, 0.6) is 0 Å². The van der Waals surface area contributed by atoms with Crippen molar-refractivity contribution in [2.75, 3.05) is 42.6 Å². The lowest BCUT2D eigenvalue weighted by Gasteiger charge is -2.39. The van der Waals surface area contributed by atoms with Gasteiger partial charge in [-0.05, 0) is 51.5 Å². The fourth-order valence-corrected chi connectivity index (χ4v) is 2.88. The van der Waals surface area contributed by atoms with E-state index in [1.165, 1.54) is 0 Å². The van der Waals surface area contributed by atoms with E-state index in [4.69, 9.17) is 9.47 Å². The minimum atomic E-state index is -0.272. The number of ether oxygens (including phenoxy) is 2. The Labute approximate surface area is 145 Å². The maximum Gasteiger partial charge on any atom is 0.414 e. The Morgan fingerprint density at radius 1 is 1.29 bits per heavy atom. The molecule has 0 N–H and O–H groups in total. The zero-order valence-electron chi connectivity index (χ0n) is 15.4. The first-order valence-corrected chi connectivity index (χ1v) is 8.90. The van der Waals surface area contributed by atoms with Crippen molar-refractivity contribution in [3.05, 3.63) is 24.3 Å². The summed E-state index contributed by atoms with van der Waals surface area (Å²) in [5.74, 6) is 0. The molecule has 0 radical (unpaired) electrons. The first-order valence-electron chi connectivity index (χ1n) is 8.90. The predicted octanol–water partition coefficient (Wildman–Crippen LogP) is 4.06. The van der Waals surface area contributed by atoms with Crippen molar-refractivity contribution in [3.8, 4) is 0 Å². The average Bonchev–Trinajstić information content (AvgIpc) is 2.55. The van der Waals surface area contributed by atoms with Crippen LogP contribution in [0.2, 0.25) is 0 Å². The third-order valence-corrected chi connectivity index (χ3v) is 4.21. The molecule has 134 valence electrons. The zero-order chi connectivity index (χ0) is 17.6. The van der Waals surface area contributed by atoms with E-state index in [2.05, 4.69) is 37.8 Å². The van der Waals surface area contributed by atoms with Crippen LogP contribution >= 0.6 is 0 Å². The van der Waals surface area contributed by atoms with Crippen molar-refractivity contribution in [2.24, 2.45) is 0 Å². The van der Waals surface area contributed by atoms with Gasteiger partial charge in [-0.25, -0.2) is 4.79 Å². The lowest BCUT2D eigenvalue weighted by atomic mass is 10.1. The number of nitrogens with zero attached hydrogens (tertiary/aromatic N) is 2. The molecule has 0 spiro atoms. The fraction of sp³-hybridized carbons (Fsp3) is 0.632. The summed E-state index contributed by atoms with van der Waals surface area (Å²) in [6, 6.07) is 8.11. The van der Waals surface area contributed by atoms with E-state index >= 15 is 0 Å². The number of carbonyl (C=O) groups excluding carboxylic acids is 1. The van der Waals surface area contributed by atoms with Crippen LogP contribution in [0.1, 0.15) is 40.5 Å². The summed E-state index contributed by atoms with van der Waals surface area (Å²) in [7, 11) is 0. The highest BCUT2D eigenvalue weighted by Crippen LogP contribution is 2.25. The molecule has 1 saturated heterocycles. The summed E-state index contributed by atoms with van der Waals surface area (Å²) in [5, 5.41) is 0. The number of hydrogen-bond donors (Lipinski definition) is 0. The van der Waals surface area contributed by atoms with Crippen LogP contribution < -0.4 is 9.80 Å². The molecular weight excluding hydrogens is 304 g/mol. The monoisotopic (exact) mass is 334 g/mol. The Kier molecular flexibility index (Phi) is 6.49. The van der Waals surface area contributed by atoms with E-state index in [1.807, 2.05) is 19.1 Å². The molecule has 1 fully saturated rings. The fourth-order valence-electron chi connectivity index (χ4n) is 2.88. The lowest BCUT2D eigenvalue weighted by molar-refractivity contribution is -0.0276. The molecule has 0 bridgehead atoms. The van der Waals surface area contributed by atoms with Crippen LogP contribution in [0, 0.1) is 0 Å². The molecule has 0 saturated carbocycles. The normalized spacial score (nSPS) is 16.8. The van der Waals surface area contributed by atoms with Crippen molar-refractivity contribution >= 4 is 17.5 Å². The largest absolute Gasteiger partial charge is 0.449 e. The zero-order valence-corrected chi connectivity index (χ0v) is 15.4. The molecule has 0 unspecified atom stereocenters. The molecule has 5 heteroatoms. The maximum atomic E-state index is 12.2. The van der Waals surface area contributed by atoms with Gasteiger partial charge in [-0.15, -0.1) is 0 Å². The number of benzene rings is 1. The number of rotatable bonds is 6. The minimum Gasteiger partial charge on any atom is -0.449 e. The van der Waals surface area contributed by atoms with Gasteiger partial charge in [0.2, 0.25) is 0 Å². The van der Waals surface area contributed by atoms with E-state index in [-0.39, 0.29) is 11.7 Å². The van der Waals surface area contributed by atoms with Gasteiger partial charge in [0.1, 0.15) is 0 Å². The molecular formula is C19H30N2O3. The molecule has 0 aliphatic carbocycles. The predicted molar refractivity (Wildman–Crippen MR) is 98.0 cm³/mol. The maximum absolute atomic E-state index is 12.2. The molecule has 0 aromatic heterocycles. The molecule has 1 heterocycles. The van der Waals surface area contributed by atoms with E-state index in [9.17, 15) is 4.79 Å². The summed E-state index contributed by atoms with van der Waals surface area (Å²) < 4.78 is 11.1. The highest BCUT2D eigenvalue weighted by molar-refractivity contribution is 5.87. The van der Waals surface area contributed by atoms with Gasteiger partial charge in [-0.2, -0.15) is 0 Å². The van der Waals surface area contributed by atoms with Gasteiger partial charge < -0.3 is 14.4 Å². The standard InChI is InChI=1S/C19H30N2O3/c1-5-7-13-23-18(22)21(6-2)17-10-8-16(9-11-17)20-12-14-24-19(3,4)15-20/h8-11H,5-7,12-15H2,1-4H3. The average molecular weight is 334 g/mol. The summed E-state index contributed by atoms with van der Waals surface area (Å²) in [6.07, 6.45) is 1.64. The van der Waals surface area contributed by atoms with Crippen molar-refractivity contribution in [1.29, 1.82) is 0 Å². The molecule has 5 nitrogen and oxygen atoms in total. The van der Waals surface area contributed by atoms with Gasteiger partial charge in [0.25, 0.3) is 0 Å². The van der Waals surface area contributed by atoms with E-state index in [1.54, 1.807) is 4.90 Å². The summed E-state index contributed by atoms with van der Waals surface area (Å²) in [5.41, 5.74) is 1.90. The molecule has 1 aromatic rings. The van der Waals surface area contributed by atoms with Gasteiger partial charge >= 0.3 is 6.09 Å². The number of carbonyl (C=O) groups is 1. The van der Waals surface area contributed by atoms with Crippen LogP contribution in [0.15, 0.2) is 24.3 Å². The van der Waals surface area contributed by atoms with E-state index in [0.717, 1.165) is 43.9 Å². The second kappa shape index (κ2) is 8.38. The molecule has 1 amide bonds. The third kappa shape index (κ3) is 4.87. The topological polar surface area (TPSA) is 42.0 Å². The second-order valence-corrected chi connectivity index (χ2v) is 6.76. The van der Waals surface area contributed by atoms with E-state index in [0.29, 0.717) is 13.2 Å². The Morgan fingerprint density at radius 3 is 2.58 bits per heavy atom. The number of amides is 1. The van der Waals surface area contributed by atoms with Crippen molar-refractivity contribution in [3.63, 3.8) is 0 Å². The van der Waals surface area contributed by atoms with Crippen LogP contribution in [0.3, 0.4) is 0 Å². The Morgan fingerprint density at radius 2 is 2.00 bits per heavy atom. The Balaban J connectivity index is 2.02. The van der Waals surface area contributed by atoms with Gasteiger partial charge in [-0.3, -0.25) is 4.90 Å². The number of unbranched alkanes of at least 4 members (excludes halogenated alkanes) is 1. The van der Waals surface area contributed by atoms with E-state index < -0.39 is 0 Å². The molecule has 1 aliphatic heterocycles. The third-order valence-electron chi connectivity index (χ3n) is 4.21. The molecule has 0 atom stereocenters. The van der Waals surface area contributed by atoms with Crippen LogP contribution in [-0.4, -0.2) is 44.5 Å². The quantitative estimate of drug-likeness (QED) is 0.736. The highest BCUT2D eigenvalue weighted by Gasteiger charge is 2.27. The lowest BCUT2D eigenvalue weighted by Crippen LogP contribution is -2.48. The van der Waals surface area contributed by atoms with Crippen LogP contribution in [-0.2, 0) is 9.47 Å². The number of anilines is 2. The van der Waals surface area contributed by atoms with Crippen LogP contribution in [0.25, 0.3) is 0 Å². The van der Waals surface area contributed by atoms with Crippen molar-refractivity contribution in [1.82, 2.24) is 0 Å². The Hall–Kier alpha value is -1.75. The van der Waals surface area contributed by atoms with Gasteiger partial charge in [-0.1, -0.05) is 13.3 Å². The molecule has 24 heavy (non-hydrogen) atoms. The molecule has 2 rings (SSSR count). The van der Waals surface area contributed by atoms with Gasteiger partial charge in [0.15, 0.2) is 0 Å². The van der Waals surface area contributed by atoms with Gasteiger partial charge in [0, 0.05) is 31.0 Å². The van der Waals surface area contributed by atoms with Crippen molar-refractivity contribution in [2.45, 2.75) is 46.1 Å². The minimum absolute atomic E-state index is 0.130. The number of morpholine rings is 1. The van der Waals surface area contributed by atoms with Gasteiger partial charge in [0.05, 0.1) is 18.8 Å². The highest BCUT2D eigenvalue weighted by atomic mass is 16.6. The SMILES string of the molecule is CCCCOC(=O)N(CC)c1ccc(N2CCOC(C)(C)C2)cc1. The molecule has 1 aromatic carbocycles. The second-order valence-electron chi connectivity index (χ2n) is 6.76. The first-order chi connectivity index (χ1) is 11.5. The smallest absolute Gasteiger partial charge is 0.414 e. The summed E-state index contributed by atoms with van der Waals surface area (Å²) >= 11 is 0. The summed E-state index contributed by atoms with van der Waals surface area (Å²) in [6.45, 7) is 11.8. The Bertz CT molecular complexity index is 528. The number of hydrogen-bond acceptors (Lipinski definition) is 4. The first kappa shape index (κ1) is 18.6. The van der Waals surface area contributed by atoms with Crippen molar-refractivity contribution < 1.29 is 14.3 Å². The molecule has 1 aliphatic rings. The summed E-state index contributed by atoms with van der Waals surface area (Å²) in [4.78, 5) is 16.2.